The standard InChI is InChI=1S/C18H16FNO/c19-16-8-6-14(7-9-16)12-17-10-11-18(21)20(17)13-15-4-2-1-3-5-15/h1-9,12H,10-11,13H2/b17-12+. The minimum absolute atomic E-state index is 0.146. The summed E-state index contributed by atoms with van der Waals surface area (Å²) in [4.78, 5) is 13.9. The fourth-order valence-corrected chi connectivity index (χ4v) is 2.52. The maximum absolute atomic E-state index is 12.9. The van der Waals surface area contributed by atoms with Crippen LogP contribution < -0.4 is 0 Å². The Bertz CT molecular complexity index is 661. The van der Waals surface area contributed by atoms with Gasteiger partial charge in [-0.2, -0.15) is 0 Å². The third kappa shape index (κ3) is 3.19. The molecule has 0 atom stereocenters. The first-order valence-electron chi connectivity index (χ1n) is 7.03. The molecule has 1 heterocycles. The first kappa shape index (κ1) is 13.6. The molecule has 0 aromatic heterocycles. The average Bonchev–Trinajstić information content (AvgIpc) is 2.84. The van der Waals surface area contributed by atoms with E-state index in [0.717, 1.165) is 23.2 Å². The molecule has 106 valence electrons. The Morgan fingerprint density at radius 2 is 1.71 bits per heavy atom. The molecule has 0 radical (unpaired) electrons. The van der Waals surface area contributed by atoms with Crippen LogP contribution in [0.2, 0.25) is 0 Å². The minimum atomic E-state index is -0.249. The van der Waals surface area contributed by atoms with Crippen LogP contribution in [0.4, 0.5) is 4.39 Å². The number of halogens is 1. The van der Waals surface area contributed by atoms with Crippen LogP contribution in [0.5, 0.6) is 0 Å². The highest BCUT2D eigenvalue weighted by Crippen LogP contribution is 2.26. The molecular formula is C18H16FNO. The van der Waals surface area contributed by atoms with Crippen LogP contribution in [0.15, 0.2) is 60.3 Å². The Morgan fingerprint density at radius 1 is 1.00 bits per heavy atom. The van der Waals surface area contributed by atoms with Gasteiger partial charge in [-0.05, 0) is 35.8 Å². The number of nitrogens with zero attached hydrogens (tertiary/aromatic N) is 1. The van der Waals surface area contributed by atoms with Crippen LogP contribution in [0.3, 0.4) is 0 Å². The Balaban J connectivity index is 1.83. The molecule has 2 aromatic rings. The molecule has 0 N–H and O–H groups in total. The Labute approximate surface area is 123 Å². The van der Waals surface area contributed by atoms with Crippen molar-refractivity contribution in [2.24, 2.45) is 0 Å². The van der Waals surface area contributed by atoms with E-state index < -0.39 is 0 Å². The van der Waals surface area contributed by atoms with Crippen molar-refractivity contribution in [3.05, 3.63) is 77.2 Å². The largest absolute Gasteiger partial charge is 0.312 e. The summed E-state index contributed by atoms with van der Waals surface area (Å²) in [6.07, 6.45) is 3.25. The van der Waals surface area contributed by atoms with E-state index in [1.165, 1.54) is 12.1 Å². The highest BCUT2D eigenvalue weighted by Gasteiger charge is 2.25. The van der Waals surface area contributed by atoms with Crippen molar-refractivity contribution in [2.45, 2.75) is 19.4 Å². The molecule has 0 saturated carbocycles. The molecular weight excluding hydrogens is 265 g/mol. The maximum Gasteiger partial charge on any atom is 0.227 e. The summed E-state index contributed by atoms with van der Waals surface area (Å²) in [5.41, 5.74) is 3.02. The van der Waals surface area contributed by atoms with Crippen molar-refractivity contribution >= 4 is 12.0 Å². The quantitative estimate of drug-likeness (QED) is 0.833. The van der Waals surface area contributed by atoms with Gasteiger partial charge in [-0.1, -0.05) is 42.5 Å². The van der Waals surface area contributed by atoms with Crippen molar-refractivity contribution in [1.29, 1.82) is 0 Å². The van der Waals surface area contributed by atoms with E-state index in [-0.39, 0.29) is 11.7 Å². The molecule has 3 heteroatoms. The Morgan fingerprint density at radius 3 is 2.43 bits per heavy atom. The van der Waals surface area contributed by atoms with Crippen LogP contribution in [0, 0.1) is 5.82 Å². The van der Waals surface area contributed by atoms with Gasteiger partial charge in [0.1, 0.15) is 5.82 Å². The van der Waals surface area contributed by atoms with Gasteiger partial charge >= 0.3 is 0 Å². The van der Waals surface area contributed by atoms with E-state index >= 15 is 0 Å². The van der Waals surface area contributed by atoms with Crippen molar-refractivity contribution < 1.29 is 9.18 Å². The summed E-state index contributed by atoms with van der Waals surface area (Å²) in [6.45, 7) is 0.590. The van der Waals surface area contributed by atoms with Crippen molar-refractivity contribution in [2.75, 3.05) is 0 Å². The van der Waals surface area contributed by atoms with Crippen molar-refractivity contribution in [3.8, 4) is 0 Å². The predicted molar refractivity (Wildman–Crippen MR) is 80.6 cm³/mol. The smallest absolute Gasteiger partial charge is 0.227 e. The third-order valence-corrected chi connectivity index (χ3v) is 3.63. The average molecular weight is 281 g/mol. The molecule has 1 aliphatic rings. The van der Waals surface area contributed by atoms with Gasteiger partial charge in [0.2, 0.25) is 5.91 Å². The second-order valence-electron chi connectivity index (χ2n) is 5.15. The van der Waals surface area contributed by atoms with Gasteiger partial charge in [0.25, 0.3) is 0 Å². The number of allylic oxidation sites excluding steroid dienone is 1. The maximum atomic E-state index is 12.9. The number of carbonyl (C=O) groups is 1. The van der Waals surface area contributed by atoms with E-state index in [9.17, 15) is 9.18 Å². The lowest BCUT2D eigenvalue weighted by Crippen LogP contribution is -2.22. The van der Waals surface area contributed by atoms with Crippen LogP contribution in [-0.4, -0.2) is 10.8 Å². The summed E-state index contributed by atoms with van der Waals surface area (Å²) in [6, 6.07) is 16.3. The number of amides is 1. The SMILES string of the molecule is O=C1CC/C(=C\c2ccc(F)cc2)N1Cc1ccccc1. The van der Waals surface area contributed by atoms with E-state index in [2.05, 4.69) is 0 Å². The second kappa shape index (κ2) is 5.92. The topological polar surface area (TPSA) is 20.3 Å². The van der Waals surface area contributed by atoms with Gasteiger partial charge < -0.3 is 4.90 Å². The van der Waals surface area contributed by atoms with Gasteiger partial charge in [-0.25, -0.2) is 4.39 Å². The van der Waals surface area contributed by atoms with Crippen molar-refractivity contribution in [3.63, 3.8) is 0 Å². The molecule has 0 spiro atoms. The number of benzene rings is 2. The number of carbonyl (C=O) groups excluding carboxylic acids is 1. The van der Waals surface area contributed by atoms with E-state index in [0.29, 0.717) is 13.0 Å². The molecule has 3 rings (SSSR count). The highest BCUT2D eigenvalue weighted by atomic mass is 19.1. The fourth-order valence-electron chi connectivity index (χ4n) is 2.52. The molecule has 0 aliphatic carbocycles. The molecule has 0 unspecified atom stereocenters. The summed E-state index contributed by atoms with van der Waals surface area (Å²) < 4.78 is 12.9. The summed E-state index contributed by atoms with van der Waals surface area (Å²) >= 11 is 0. The van der Waals surface area contributed by atoms with Crippen LogP contribution >= 0.6 is 0 Å². The van der Waals surface area contributed by atoms with E-state index in [1.807, 2.05) is 41.3 Å². The first-order chi connectivity index (χ1) is 10.2. The van der Waals surface area contributed by atoms with E-state index in [1.54, 1.807) is 12.1 Å². The summed E-state index contributed by atoms with van der Waals surface area (Å²) in [5.74, 6) is -0.104. The monoisotopic (exact) mass is 281 g/mol. The molecule has 2 aromatic carbocycles. The number of rotatable bonds is 3. The van der Waals surface area contributed by atoms with Gasteiger partial charge in [0.15, 0.2) is 0 Å². The first-order valence-corrected chi connectivity index (χ1v) is 7.03. The van der Waals surface area contributed by atoms with Crippen LogP contribution in [0.1, 0.15) is 24.0 Å². The van der Waals surface area contributed by atoms with Gasteiger partial charge in [-0.15, -0.1) is 0 Å². The highest BCUT2D eigenvalue weighted by molar-refractivity contribution is 5.83. The second-order valence-corrected chi connectivity index (χ2v) is 5.15. The van der Waals surface area contributed by atoms with Crippen LogP contribution in [0.25, 0.3) is 6.08 Å². The third-order valence-electron chi connectivity index (χ3n) is 3.63. The number of likely N-dealkylation sites (tertiary alicyclic amines) is 1. The Hall–Kier alpha value is -2.42. The zero-order valence-corrected chi connectivity index (χ0v) is 11.6. The van der Waals surface area contributed by atoms with E-state index in [4.69, 9.17) is 0 Å². The number of hydrogen-bond donors (Lipinski definition) is 0. The lowest BCUT2D eigenvalue weighted by atomic mass is 10.1. The summed E-state index contributed by atoms with van der Waals surface area (Å²) in [5, 5.41) is 0. The van der Waals surface area contributed by atoms with Gasteiger partial charge in [0.05, 0.1) is 6.54 Å². The molecule has 2 nitrogen and oxygen atoms in total. The lowest BCUT2D eigenvalue weighted by molar-refractivity contribution is -0.127. The molecule has 1 fully saturated rings. The van der Waals surface area contributed by atoms with Gasteiger partial charge in [0, 0.05) is 12.1 Å². The summed E-state index contributed by atoms with van der Waals surface area (Å²) in [7, 11) is 0. The zero-order chi connectivity index (χ0) is 14.7. The lowest BCUT2D eigenvalue weighted by Gasteiger charge is -2.18. The molecule has 1 aliphatic heterocycles. The fraction of sp³-hybridized carbons (Fsp3) is 0.167. The Kier molecular flexibility index (Phi) is 3.82. The molecule has 0 bridgehead atoms. The van der Waals surface area contributed by atoms with Crippen molar-refractivity contribution in [1.82, 2.24) is 4.90 Å². The minimum Gasteiger partial charge on any atom is -0.312 e. The zero-order valence-electron chi connectivity index (χ0n) is 11.6. The number of hydrogen-bond acceptors (Lipinski definition) is 1. The predicted octanol–water partition coefficient (Wildman–Crippen LogP) is 3.99. The van der Waals surface area contributed by atoms with Gasteiger partial charge in [-0.3, -0.25) is 4.79 Å². The van der Waals surface area contributed by atoms with Crippen LogP contribution in [-0.2, 0) is 11.3 Å². The molecule has 21 heavy (non-hydrogen) atoms. The molecule has 1 amide bonds. The normalized spacial score (nSPS) is 16.7. The molecule has 1 saturated heterocycles.